The maximum atomic E-state index is 13.5. The predicted molar refractivity (Wildman–Crippen MR) is 155 cm³/mol. The number of rotatable bonds is 5. The van der Waals surface area contributed by atoms with Crippen LogP contribution in [0.1, 0.15) is 15.9 Å². The van der Waals surface area contributed by atoms with Gasteiger partial charge >= 0.3 is 5.97 Å². The van der Waals surface area contributed by atoms with E-state index in [-0.39, 0.29) is 11.3 Å². The molecule has 0 bridgehead atoms. The quantitative estimate of drug-likeness (QED) is 0.110. The van der Waals surface area contributed by atoms with Crippen LogP contribution in [0.2, 0.25) is 0 Å². The standard InChI is InChI=1S/C28H16Br3N3O3/c29-20-12-10-18(11-13-20)28(36)37-25-19(14-21(30)15-23(25)31)16-32-34-26(17-6-2-1-3-7-17)33-24-9-5-4-8-22(24)27(34)35/h1-16H. The molecule has 0 unspecified atom stereocenters. The number of hydrogen-bond acceptors (Lipinski definition) is 5. The SMILES string of the molecule is O=C(Oc1c(Br)cc(Br)cc1C=Nn1c(-c2ccccc2)nc2ccccc2c1=O)c1ccc(Br)cc1. The van der Waals surface area contributed by atoms with Gasteiger partial charge in [0, 0.05) is 20.1 Å². The van der Waals surface area contributed by atoms with Crippen LogP contribution >= 0.6 is 47.8 Å². The molecular formula is C28H16Br3N3O3. The van der Waals surface area contributed by atoms with Crippen molar-refractivity contribution in [2.75, 3.05) is 0 Å². The minimum atomic E-state index is -0.528. The van der Waals surface area contributed by atoms with Gasteiger partial charge in [-0.25, -0.2) is 9.78 Å². The first-order valence-corrected chi connectivity index (χ1v) is 13.4. The van der Waals surface area contributed by atoms with E-state index in [2.05, 4.69) is 52.9 Å². The van der Waals surface area contributed by atoms with Gasteiger partial charge in [0.15, 0.2) is 11.6 Å². The Morgan fingerprint density at radius 2 is 1.57 bits per heavy atom. The van der Waals surface area contributed by atoms with Gasteiger partial charge in [0.1, 0.15) is 0 Å². The molecule has 6 nitrogen and oxygen atoms in total. The van der Waals surface area contributed by atoms with Crippen molar-refractivity contribution in [2.24, 2.45) is 5.10 Å². The van der Waals surface area contributed by atoms with Gasteiger partial charge in [0.2, 0.25) is 0 Å². The van der Waals surface area contributed by atoms with Crippen molar-refractivity contribution in [1.82, 2.24) is 9.66 Å². The van der Waals surface area contributed by atoms with Crippen molar-refractivity contribution in [2.45, 2.75) is 0 Å². The maximum absolute atomic E-state index is 13.5. The molecule has 1 heterocycles. The Hall–Kier alpha value is -3.40. The number of para-hydroxylation sites is 1. The van der Waals surface area contributed by atoms with Gasteiger partial charge in [-0.3, -0.25) is 4.79 Å². The molecule has 0 aliphatic carbocycles. The zero-order valence-corrected chi connectivity index (χ0v) is 23.7. The second-order valence-corrected chi connectivity index (χ2v) is 10.6. The molecule has 0 saturated carbocycles. The van der Waals surface area contributed by atoms with Crippen LogP contribution < -0.4 is 10.3 Å². The molecule has 0 N–H and O–H groups in total. The number of aromatic nitrogens is 2. The van der Waals surface area contributed by atoms with Crippen LogP contribution in [-0.4, -0.2) is 21.8 Å². The van der Waals surface area contributed by atoms with Gasteiger partial charge in [0.05, 0.1) is 27.2 Å². The first-order valence-electron chi connectivity index (χ1n) is 11.0. The van der Waals surface area contributed by atoms with Crippen molar-refractivity contribution in [1.29, 1.82) is 0 Å². The van der Waals surface area contributed by atoms with Crippen LogP contribution in [0.5, 0.6) is 5.75 Å². The van der Waals surface area contributed by atoms with Crippen LogP contribution in [0.4, 0.5) is 0 Å². The highest BCUT2D eigenvalue weighted by molar-refractivity contribution is 9.11. The van der Waals surface area contributed by atoms with Gasteiger partial charge in [0.25, 0.3) is 5.56 Å². The number of esters is 1. The Kier molecular flexibility index (Phi) is 7.45. The molecule has 0 saturated heterocycles. The van der Waals surface area contributed by atoms with Crippen molar-refractivity contribution in [3.63, 3.8) is 0 Å². The van der Waals surface area contributed by atoms with Crippen LogP contribution in [0.15, 0.2) is 114 Å². The summed E-state index contributed by atoms with van der Waals surface area (Å²) in [6, 6.07) is 26.9. The molecule has 0 radical (unpaired) electrons. The average Bonchev–Trinajstić information content (AvgIpc) is 2.90. The molecule has 1 aromatic heterocycles. The molecule has 0 amide bonds. The lowest BCUT2D eigenvalue weighted by molar-refractivity contribution is 0.0733. The summed E-state index contributed by atoms with van der Waals surface area (Å²) < 4.78 is 9.13. The summed E-state index contributed by atoms with van der Waals surface area (Å²) in [5.74, 6) is 0.130. The van der Waals surface area contributed by atoms with E-state index in [0.717, 1.165) is 14.5 Å². The lowest BCUT2D eigenvalue weighted by atomic mass is 10.2. The van der Waals surface area contributed by atoms with E-state index in [1.165, 1.54) is 10.9 Å². The van der Waals surface area contributed by atoms with E-state index in [9.17, 15) is 9.59 Å². The molecule has 0 aliphatic heterocycles. The Balaban J connectivity index is 1.61. The largest absolute Gasteiger partial charge is 0.421 e. The molecular weight excluding hydrogens is 666 g/mol. The van der Waals surface area contributed by atoms with Gasteiger partial charge in [-0.05, 0) is 64.5 Å². The highest BCUT2D eigenvalue weighted by atomic mass is 79.9. The Labute approximate surface area is 237 Å². The minimum absolute atomic E-state index is 0.267. The van der Waals surface area contributed by atoms with Crippen LogP contribution in [0, 0.1) is 0 Å². The van der Waals surface area contributed by atoms with Crippen molar-refractivity contribution in [3.05, 3.63) is 126 Å². The fourth-order valence-corrected chi connectivity index (χ4v) is 5.25. The second kappa shape index (κ2) is 10.9. The van der Waals surface area contributed by atoms with Crippen molar-refractivity contribution in [3.8, 4) is 17.1 Å². The van der Waals surface area contributed by atoms with E-state index in [0.29, 0.717) is 32.3 Å². The molecule has 0 aliphatic rings. The number of hydrogen-bond donors (Lipinski definition) is 0. The number of carbonyl (C=O) groups is 1. The Morgan fingerprint density at radius 3 is 2.32 bits per heavy atom. The van der Waals surface area contributed by atoms with E-state index in [4.69, 9.17) is 9.72 Å². The second-order valence-electron chi connectivity index (χ2n) is 7.88. The van der Waals surface area contributed by atoms with Gasteiger partial charge < -0.3 is 4.74 Å². The summed E-state index contributed by atoms with van der Waals surface area (Å²) in [5.41, 5.74) is 1.86. The lowest BCUT2D eigenvalue weighted by Crippen LogP contribution is -2.20. The van der Waals surface area contributed by atoms with E-state index >= 15 is 0 Å². The van der Waals surface area contributed by atoms with Crippen molar-refractivity contribution < 1.29 is 9.53 Å². The van der Waals surface area contributed by atoms with Gasteiger partial charge in [-0.1, -0.05) is 74.3 Å². The van der Waals surface area contributed by atoms with E-state index < -0.39 is 5.97 Å². The van der Waals surface area contributed by atoms with Gasteiger partial charge in [-0.2, -0.15) is 9.78 Å². The zero-order valence-electron chi connectivity index (χ0n) is 18.9. The molecule has 5 rings (SSSR count). The number of carbonyl (C=O) groups excluding carboxylic acids is 1. The smallest absolute Gasteiger partial charge is 0.343 e. The topological polar surface area (TPSA) is 73.5 Å². The minimum Gasteiger partial charge on any atom is -0.421 e. The molecule has 0 spiro atoms. The summed E-state index contributed by atoms with van der Waals surface area (Å²) in [7, 11) is 0. The van der Waals surface area contributed by atoms with E-state index in [1.54, 1.807) is 54.6 Å². The highest BCUT2D eigenvalue weighted by Gasteiger charge is 2.17. The highest BCUT2D eigenvalue weighted by Crippen LogP contribution is 2.33. The number of ether oxygens (including phenoxy) is 1. The third kappa shape index (κ3) is 5.49. The monoisotopic (exact) mass is 679 g/mol. The summed E-state index contributed by atoms with van der Waals surface area (Å²) in [5, 5.41) is 4.96. The third-order valence-corrected chi connectivity index (χ3v) is 6.99. The number of benzene rings is 4. The molecule has 0 fully saturated rings. The normalized spacial score (nSPS) is 11.2. The fraction of sp³-hybridized carbons (Fsp3) is 0. The predicted octanol–water partition coefficient (Wildman–Crippen LogP) is 7.45. The summed E-state index contributed by atoms with van der Waals surface area (Å²) in [6.07, 6.45) is 1.48. The van der Waals surface area contributed by atoms with Crippen molar-refractivity contribution >= 4 is 70.9 Å². The fourth-order valence-electron chi connectivity index (χ4n) is 3.65. The van der Waals surface area contributed by atoms with Crippen LogP contribution in [0.25, 0.3) is 22.3 Å². The average molecular weight is 682 g/mol. The third-order valence-electron chi connectivity index (χ3n) is 5.41. The van der Waals surface area contributed by atoms with E-state index in [1.807, 2.05) is 36.4 Å². The van der Waals surface area contributed by atoms with Crippen LogP contribution in [-0.2, 0) is 0 Å². The first kappa shape index (κ1) is 25.3. The Bertz CT molecular complexity index is 1720. The number of nitrogens with zero attached hydrogens (tertiary/aromatic N) is 3. The zero-order chi connectivity index (χ0) is 25.9. The summed E-state index contributed by atoms with van der Waals surface area (Å²) in [4.78, 5) is 31.0. The Morgan fingerprint density at radius 1 is 0.865 bits per heavy atom. The van der Waals surface area contributed by atoms with Crippen LogP contribution in [0.3, 0.4) is 0 Å². The lowest BCUT2D eigenvalue weighted by Gasteiger charge is -2.12. The molecule has 0 atom stereocenters. The maximum Gasteiger partial charge on any atom is 0.343 e. The molecule has 4 aromatic carbocycles. The molecule has 182 valence electrons. The first-order chi connectivity index (χ1) is 17.9. The summed E-state index contributed by atoms with van der Waals surface area (Å²) in [6.45, 7) is 0. The molecule has 9 heteroatoms. The number of halogens is 3. The molecule has 37 heavy (non-hydrogen) atoms. The summed E-state index contributed by atoms with van der Waals surface area (Å²) >= 11 is 10.3. The molecule has 5 aromatic rings. The van der Waals surface area contributed by atoms with Gasteiger partial charge in [-0.15, -0.1) is 0 Å². The number of fused-ring (bicyclic) bond motifs is 1.